The van der Waals surface area contributed by atoms with Crippen molar-refractivity contribution in [1.29, 1.82) is 0 Å². The van der Waals surface area contributed by atoms with Crippen LogP contribution in [0.3, 0.4) is 0 Å². The highest BCUT2D eigenvalue weighted by Crippen LogP contribution is 2.13. The maximum Gasteiger partial charge on any atom is 0.305 e. The average molecular weight is 236 g/mol. The van der Waals surface area contributed by atoms with Gasteiger partial charge in [0, 0.05) is 19.2 Å². The van der Waals surface area contributed by atoms with Gasteiger partial charge in [-0.05, 0) is 18.6 Å². The van der Waals surface area contributed by atoms with Crippen LogP contribution in [0.1, 0.15) is 25.3 Å². The Kier molecular flexibility index (Phi) is 4.63. The van der Waals surface area contributed by atoms with E-state index >= 15 is 0 Å². The van der Waals surface area contributed by atoms with Crippen LogP contribution in [0.15, 0.2) is 18.3 Å². The normalized spacial score (nSPS) is 10.0. The lowest BCUT2D eigenvalue weighted by Crippen LogP contribution is -2.33. The molecule has 0 unspecified atom stereocenters. The summed E-state index contributed by atoms with van der Waals surface area (Å²) in [5.41, 5.74) is 0.996. The summed E-state index contributed by atoms with van der Waals surface area (Å²) in [5.74, 6) is -0.544. The summed E-state index contributed by atoms with van der Waals surface area (Å²) in [6.07, 6.45) is 1.91. The largest absolute Gasteiger partial charge is 0.481 e. The highest BCUT2D eigenvalue weighted by Gasteiger charge is 2.15. The predicted molar refractivity (Wildman–Crippen MR) is 63.9 cm³/mol. The number of aromatic nitrogens is 1. The number of nitrogens with zero attached hydrogens (tertiary/aromatic N) is 2. The van der Waals surface area contributed by atoms with Crippen molar-refractivity contribution >= 4 is 17.7 Å². The lowest BCUT2D eigenvalue weighted by molar-refractivity contribution is -0.136. The Labute approximate surface area is 100 Å². The van der Waals surface area contributed by atoms with Crippen LogP contribution in [-0.4, -0.2) is 28.5 Å². The number of aliphatic carboxylic acids is 1. The Hall–Kier alpha value is -1.91. The summed E-state index contributed by atoms with van der Waals surface area (Å²) >= 11 is 0. The zero-order valence-corrected chi connectivity index (χ0v) is 10.0. The molecule has 0 bridgehead atoms. The molecule has 92 valence electrons. The van der Waals surface area contributed by atoms with Gasteiger partial charge in [-0.3, -0.25) is 14.5 Å². The van der Waals surface area contributed by atoms with Crippen molar-refractivity contribution in [3.8, 4) is 0 Å². The third-order valence-electron chi connectivity index (χ3n) is 2.33. The van der Waals surface area contributed by atoms with Crippen LogP contribution in [0.2, 0.25) is 0 Å². The molecule has 0 aromatic carbocycles. The Morgan fingerprint density at radius 1 is 1.41 bits per heavy atom. The number of anilines is 1. The summed E-state index contributed by atoms with van der Waals surface area (Å²) in [6, 6.07) is 3.57. The molecule has 5 nitrogen and oxygen atoms in total. The molecule has 1 aromatic heterocycles. The van der Waals surface area contributed by atoms with Gasteiger partial charge < -0.3 is 5.11 Å². The number of pyridine rings is 1. The van der Waals surface area contributed by atoms with Crippen LogP contribution in [0, 0.1) is 6.92 Å². The van der Waals surface area contributed by atoms with Crippen LogP contribution in [0.4, 0.5) is 5.82 Å². The van der Waals surface area contributed by atoms with Gasteiger partial charge in [-0.2, -0.15) is 0 Å². The SMILES string of the molecule is CCC(=O)N(CCC(=O)O)c1ccc(C)cn1. The fourth-order valence-corrected chi connectivity index (χ4v) is 1.38. The maximum atomic E-state index is 11.7. The second kappa shape index (κ2) is 5.98. The molecule has 0 radical (unpaired) electrons. The molecule has 1 amide bonds. The van der Waals surface area contributed by atoms with E-state index in [2.05, 4.69) is 4.98 Å². The average Bonchev–Trinajstić information content (AvgIpc) is 2.30. The van der Waals surface area contributed by atoms with E-state index in [9.17, 15) is 9.59 Å². The number of carbonyl (C=O) groups is 2. The zero-order chi connectivity index (χ0) is 12.8. The van der Waals surface area contributed by atoms with Gasteiger partial charge in [0.05, 0.1) is 6.42 Å². The maximum absolute atomic E-state index is 11.7. The topological polar surface area (TPSA) is 70.5 Å². The molecule has 0 saturated carbocycles. The molecule has 0 fully saturated rings. The lowest BCUT2D eigenvalue weighted by atomic mass is 10.3. The van der Waals surface area contributed by atoms with E-state index in [1.807, 2.05) is 13.0 Å². The van der Waals surface area contributed by atoms with Crippen LogP contribution in [-0.2, 0) is 9.59 Å². The summed E-state index contributed by atoms with van der Waals surface area (Å²) in [4.78, 5) is 27.8. The second-order valence-electron chi connectivity index (χ2n) is 3.74. The van der Waals surface area contributed by atoms with E-state index in [1.165, 1.54) is 4.90 Å². The first-order valence-electron chi connectivity index (χ1n) is 5.49. The molecule has 0 aliphatic heterocycles. The molecule has 0 aliphatic carbocycles. The number of hydrogen-bond donors (Lipinski definition) is 1. The number of amides is 1. The number of aryl methyl sites for hydroxylation is 1. The molecule has 0 saturated heterocycles. The molecule has 0 aliphatic rings. The second-order valence-corrected chi connectivity index (χ2v) is 3.74. The van der Waals surface area contributed by atoms with Crippen LogP contribution in [0.25, 0.3) is 0 Å². The standard InChI is InChI=1S/C12H16N2O3/c1-3-11(15)14(7-6-12(16)17)10-5-4-9(2)8-13-10/h4-5,8H,3,6-7H2,1-2H3,(H,16,17). The van der Waals surface area contributed by atoms with Crippen LogP contribution >= 0.6 is 0 Å². The Balaban J connectivity index is 2.85. The van der Waals surface area contributed by atoms with Crippen molar-refractivity contribution < 1.29 is 14.7 Å². The first-order valence-corrected chi connectivity index (χ1v) is 5.49. The van der Waals surface area contributed by atoms with E-state index in [1.54, 1.807) is 19.2 Å². The smallest absolute Gasteiger partial charge is 0.305 e. The molecule has 5 heteroatoms. The zero-order valence-electron chi connectivity index (χ0n) is 10.0. The first kappa shape index (κ1) is 13.2. The van der Waals surface area contributed by atoms with Crippen molar-refractivity contribution in [2.24, 2.45) is 0 Å². The third-order valence-corrected chi connectivity index (χ3v) is 2.33. The van der Waals surface area contributed by atoms with Gasteiger partial charge in [-0.25, -0.2) is 4.98 Å². The van der Waals surface area contributed by atoms with Crippen molar-refractivity contribution in [1.82, 2.24) is 4.98 Å². The molecular weight excluding hydrogens is 220 g/mol. The van der Waals surface area contributed by atoms with Gasteiger partial charge in [0.25, 0.3) is 0 Å². The molecular formula is C12H16N2O3. The summed E-state index contributed by atoms with van der Waals surface area (Å²) in [5, 5.41) is 8.65. The first-order chi connectivity index (χ1) is 8.04. The van der Waals surface area contributed by atoms with Gasteiger partial charge in [0.1, 0.15) is 5.82 Å². The minimum Gasteiger partial charge on any atom is -0.481 e. The molecule has 1 rings (SSSR count). The Morgan fingerprint density at radius 3 is 2.59 bits per heavy atom. The quantitative estimate of drug-likeness (QED) is 0.843. The minimum atomic E-state index is -0.925. The highest BCUT2D eigenvalue weighted by atomic mass is 16.4. The van der Waals surface area contributed by atoms with Crippen molar-refractivity contribution in [2.75, 3.05) is 11.4 Å². The van der Waals surface area contributed by atoms with Crippen molar-refractivity contribution in [3.63, 3.8) is 0 Å². The van der Waals surface area contributed by atoms with Crippen LogP contribution < -0.4 is 4.90 Å². The van der Waals surface area contributed by atoms with Gasteiger partial charge in [0.2, 0.25) is 5.91 Å². The molecule has 17 heavy (non-hydrogen) atoms. The fourth-order valence-electron chi connectivity index (χ4n) is 1.38. The third kappa shape index (κ3) is 3.86. The minimum absolute atomic E-state index is 0.0820. The summed E-state index contributed by atoms with van der Waals surface area (Å²) in [6.45, 7) is 3.79. The predicted octanol–water partition coefficient (Wildman–Crippen LogP) is 1.61. The number of rotatable bonds is 5. The molecule has 1 heterocycles. The van der Waals surface area contributed by atoms with E-state index in [0.717, 1.165) is 5.56 Å². The molecule has 0 atom stereocenters. The van der Waals surface area contributed by atoms with E-state index in [0.29, 0.717) is 12.2 Å². The monoisotopic (exact) mass is 236 g/mol. The van der Waals surface area contributed by atoms with E-state index < -0.39 is 5.97 Å². The van der Waals surface area contributed by atoms with Gasteiger partial charge in [-0.15, -0.1) is 0 Å². The number of carbonyl (C=O) groups excluding carboxylic acids is 1. The highest BCUT2D eigenvalue weighted by molar-refractivity contribution is 5.92. The Bertz CT molecular complexity index is 401. The number of carboxylic acids is 1. The number of carboxylic acid groups (broad SMARTS) is 1. The van der Waals surface area contributed by atoms with Crippen molar-refractivity contribution in [3.05, 3.63) is 23.9 Å². The Morgan fingerprint density at radius 2 is 2.12 bits per heavy atom. The van der Waals surface area contributed by atoms with Gasteiger partial charge >= 0.3 is 5.97 Å². The van der Waals surface area contributed by atoms with E-state index in [-0.39, 0.29) is 18.9 Å². The van der Waals surface area contributed by atoms with Crippen molar-refractivity contribution in [2.45, 2.75) is 26.7 Å². The van der Waals surface area contributed by atoms with E-state index in [4.69, 9.17) is 5.11 Å². The summed E-state index contributed by atoms with van der Waals surface area (Å²) in [7, 11) is 0. The number of hydrogen-bond acceptors (Lipinski definition) is 3. The molecule has 1 N–H and O–H groups in total. The lowest BCUT2D eigenvalue weighted by Gasteiger charge is -2.20. The van der Waals surface area contributed by atoms with Gasteiger partial charge in [0.15, 0.2) is 0 Å². The fraction of sp³-hybridized carbons (Fsp3) is 0.417. The summed E-state index contributed by atoms with van der Waals surface area (Å²) < 4.78 is 0. The van der Waals surface area contributed by atoms with Crippen LogP contribution in [0.5, 0.6) is 0 Å². The molecule has 0 spiro atoms. The molecule has 1 aromatic rings. The van der Waals surface area contributed by atoms with Gasteiger partial charge in [-0.1, -0.05) is 13.0 Å².